The second-order valence-corrected chi connectivity index (χ2v) is 7.61. The Labute approximate surface area is 175 Å². The molecular formula is C21H18ClF2N3O3. The van der Waals surface area contributed by atoms with Crippen molar-refractivity contribution in [2.45, 2.75) is 18.7 Å². The van der Waals surface area contributed by atoms with Gasteiger partial charge in [-0.3, -0.25) is 9.59 Å². The Balaban J connectivity index is 1.78. The van der Waals surface area contributed by atoms with Crippen molar-refractivity contribution in [2.24, 2.45) is 5.73 Å². The van der Waals surface area contributed by atoms with Gasteiger partial charge in [-0.15, -0.1) is 0 Å². The van der Waals surface area contributed by atoms with E-state index >= 15 is 0 Å². The number of hydrogen-bond donors (Lipinski definition) is 2. The number of likely N-dealkylation sites (N-methyl/N-ethyl adjacent to an activating group) is 1. The Morgan fingerprint density at radius 1 is 1.27 bits per heavy atom. The molecule has 1 aliphatic rings. The Hall–Kier alpha value is -2.81. The first kappa shape index (κ1) is 20.5. The SMILES string of the molecule is CN(C(=O)[C@H](N)c1cccc(Cl)c1)[C@H]1COCc2[nH]c(=O)c3cc(F)c(F)cc3c21. The molecule has 0 bridgehead atoms. The quantitative estimate of drug-likeness (QED) is 0.664. The zero-order valence-corrected chi connectivity index (χ0v) is 16.7. The number of hydrogen-bond acceptors (Lipinski definition) is 4. The van der Waals surface area contributed by atoms with Crippen LogP contribution in [0.4, 0.5) is 8.78 Å². The normalized spacial score (nSPS) is 16.9. The lowest BCUT2D eigenvalue weighted by molar-refractivity contribution is -0.135. The fraction of sp³-hybridized carbons (Fsp3) is 0.238. The maximum absolute atomic E-state index is 14.0. The first-order valence-electron chi connectivity index (χ1n) is 9.17. The van der Waals surface area contributed by atoms with E-state index in [0.29, 0.717) is 21.8 Å². The van der Waals surface area contributed by atoms with E-state index in [2.05, 4.69) is 4.98 Å². The van der Waals surface area contributed by atoms with Crippen LogP contribution in [0, 0.1) is 11.6 Å². The number of aromatic amines is 1. The van der Waals surface area contributed by atoms with Gasteiger partial charge in [0.25, 0.3) is 5.56 Å². The largest absolute Gasteiger partial charge is 0.373 e. The number of nitrogens with one attached hydrogen (secondary N) is 1. The highest BCUT2D eigenvalue weighted by Gasteiger charge is 2.33. The number of halogens is 3. The van der Waals surface area contributed by atoms with E-state index in [4.69, 9.17) is 22.1 Å². The third kappa shape index (κ3) is 3.47. The van der Waals surface area contributed by atoms with Gasteiger partial charge in [0.05, 0.1) is 24.6 Å². The highest BCUT2D eigenvalue weighted by atomic mass is 35.5. The van der Waals surface area contributed by atoms with Crippen LogP contribution in [0.15, 0.2) is 41.2 Å². The lowest BCUT2D eigenvalue weighted by atomic mass is 9.94. The number of ether oxygens (including phenoxy) is 1. The predicted molar refractivity (Wildman–Crippen MR) is 108 cm³/mol. The number of nitrogens with zero attached hydrogens (tertiary/aromatic N) is 1. The Bertz CT molecular complexity index is 1210. The number of nitrogens with two attached hydrogens (primary N) is 1. The first-order chi connectivity index (χ1) is 14.3. The minimum Gasteiger partial charge on any atom is -0.373 e. The summed E-state index contributed by atoms with van der Waals surface area (Å²) in [4.78, 5) is 29.5. The molecule has 0 saturated carbocycles. The molecule has 2 atom stereocenters. The van der Waals surface area contributed by atoms with E-state index in [1.807, 2.05) is 0 Å². The minimum absolute atomic E-state index is 0.000427. The number of carbonyl (C=O) groups is 1. The minimum atomic E-state index is -1.12. The van der Waals surface area contributed by atoms with Crippen molar-refractivity contribution < 1.29 is 18.3 Å². The number of fused-ring (bicyclic) bond motifs is 3. The highest BCUT2D eigenvalue weighted by Crippen LogP contribution is 2.34. The molecule has 1 amide bonds. The summed E-state index contributed by atoms with van der Waals surface area (Å²) in [7, 11) is 1.55. The van der Waals surface area contributed by atoms with Crippen LogP contribution in [0.1, 0.15) is 28.9 Å². The van der Waals surface area contributed by atoms with Crippen molar-refractivity contribution in [2.75, 3.05) is 13.7 Å². The number of pyridine rings is 1. The first-order valence-corrected chi connectivity index (χ1v) is 9.55. The number of amides is 1. The van der Waals surface area contributed by atoms with Gasteiger partial charge in [-0.25, -0.2) is 8.78 Å². The molecular weight excluding hydrogens is 416 g/mol. The molecule has 0 aliphatic carbocycles. The van der Waals surface area contributed by atoms with Crippen molar-refractivity contribution in [3.63, 3.8) is 0 Å². The van der Waals surface area contributed by atoms with E-state index in [1.54, 1.807) is 31.3 Å². The van der Waals surface area contributed by atoms with Gasteiger partial charge >= 0.3 is 0 Å². The molecule has 9 heteroatoms. The summed E-state index contributed by atoms with van der Waals surface area (Å²) in [5.74, 6) is -2.62. The Morgan fingerprint density at radius 2 is 1.97 bits per heavy atom. The molecule has 1 aliphatic heterocycles. The van der Waals surface area contributed by atoms with Crippen LogP contribution in [-0.2, 0) is 16.1 Å². The standard InChI is InChI=1S/C21H18ClF2N3O3/c1-27(21(29)19(25)10-3-2-4-11(22)5-10)17-9-30-8-16-18(17)12-6-14(23)15(24)7-13(12)20(28)26-16/h2-7,17,19H,8-9,25H2,1H3,(H,26,28)/t17-,19+/m0/s1. The molecule has 30 heavy (non-hydrogen) atoms. The van der Waals surface area contributed by atoms with Gasteiger partial charge in [-0.1, -0.05) is 23.7 Å². The Kier molecular flexibility index (Phi) is 5.31. The van der Waals surface area contributed by atoms with Crippen LogP contribution in [0.5, 0.6) is 0 Å². The van der Waals surface area contributed by atoms with Gasteiger partial charge < -0.3 is 20.4 Å². The third-order valence-corrected chi connectivity index (χ3v) is 5.56. The average molecular weight is 434 g/mol. The molecule has 0 spiro atoms. The number of aromatic nitrogens is 1. The van der Waals surface area contributed by atoms with Gasteiger partial charge in [0.15, 0.2) is 11.6 Å². The molecule has 2 aromatic carbocycles. The zero-order chi connectivity index (χ0) is 21.6. The van der Waals surface area contributed by atoms with Gasteiger partial charge in [0.2, 0.25) is 5.91 Å². The molecule has 0 radical (unpaired) electrons. The van der Waals surface area contributed by atoms with E-state index in [1.165, 1.54) is 4.90 Å². The van der Waals surface area contributed by atoms with E-state index < -0.39 is 35.2 Å². The van der Waals surface area contributed by atoms with Crippen LogP contribution < -0.4 is 11.3 Å². The van der Waals surface area contributed by atoms with Crippen LogP contribution in [0.25, 0.3) is 10.8 Å². The van der Waals surface area contributed by atoms with Gasteiger partial charge in [0, 0.05) is 23.3 Å². The van der Waals surface area contributed by atoms with Crippen LogP contribution in [-0.4, -0.2) is 29.4 Å². The third-order valence-electron chi connectivity index (χ3n) is 5.33. The summed E-state index contributed by atoms with van der Waals surface area (Å²) in [6.45, 7) is 0.191. The summed E-state index contributed by atoms with van der Waals surface area (Å²) in [5, 5.41) is 0.683. The summed E-state index contributed by atoms with van der Waals surface area (Å²) in [5.41, 5.74) is 7.05. The highest BCUT2D eigenvalue weighted by molar-refractivity contribution is 6.30. The van der Waals surface area contributed by atoms with Crippen LogP contribution in [0.3, 0.4) is 0 Å². The molecule has 0 unspecified atom stereocenters. The second-order valence-electron chi connectivity index (χ2n) is 7.17. The monoisotopic (exact) mass is 433 g/mol. The molecule has 4 rings (SSSR count). The Morgan fingerprint density at radius 3 is 2.67 bits per heavy atom. The molecule has 0 saturated heterocycles. The number of H-pyrrole nitrogens is 1. The van der Waals surface area contributed by atoms with Gasteiger partial charge in [-0.2, -0.15) is 0 Å². The van der Waals surface area contributed by atoms with E-state index in [9.17, 15) is 18.4 Å². The van der Waals surface area contributed by atoms with Crippen LogP contribution >= 0.6 is 11.6 Å². The molecule has 156 valence electrons. The predicted octanol–water partition coefficient (Wildman–Crippen LogP) is 3.19. The summed E-state index contributed by atoms with van der Waals surface area (Å²) >= 11 is 6.00. The second kappa shape index (κ2) is 7.79. The summed E-state index contributed by atoms with van der Waals surface area (Å²) in [6.07, 6.45) is 0. The smallest absolute Gasteiger partial charge is 0.256 e. The van der Waals surface area contributed by atoms with Crippen molar-refractivity contribution in [1.82, 2.24) is 9.88 Å². The molecule has 0 fully saturated rings. The summed E-state index contributed by atoms with van der Waals surface area (Å²) < 4.78 is 33.3. The zero-order valence-electron chi connectivity index (χ0n) is 15.9. The maximum Gasteiger partial charge on any atom is 0.256 e. The number of carbonyl (C=O) groups excluding carboxylic acids is 1. The average Bonchev–Trinajstić information content (AvgIpc) is 2.73. The van der Waals surface area contributed by atoms with Gasteiger partial charge in [-0.05, 0) is 35.2 Å². The molecule has 3 N–H and O–H groups in total. The molecule has 3 aromatic rings. The fourth-order valence-electron chi connectivity index (χ4n) is 3.76. The molecule has 6 nitrogen and oxygen atoms in total. The number of rotatable bonds is 3. The topological polar surface area (TPSA) is 88.4 Å². The van der Waals surface area contributed by atoms with E-state index in [-0.39, 0.29) is 24.0 Å². The lowest BCUT2D eigenvalue weighted by Crippen LogP contribution is -2.42. The maximum atomic E-state index is 14.0. The van der Waals surface area contributed by atoms with Crippen LogP contribution in [0.2, 0.25) is 5.02 Å². The summed E-state index contributed by atoms with van der Waals surface area (Å²) in [6, 6.07) is 6.86. The van der Waals surface area contributed by atoms with Crippen molar-refractivity contribution in [1.29, 1.82) is 0 Å². The van der Waals surface area contributed by atoms with Crippen molar-refractivity contribution in [3.8, 4) is 0 Å². The van der Waals surface area contributed by atoms with E-state index in [0.717, 1.165) is 12.1 Å². The van der Waals surface area contributed by atoms with Gasteiger partial charge in [0.1, 0.15) is 6.04 Å². The molecule has 2 heterocycles. The lowest BCUT2D eigenvalue weighted by Gasteiger charge is -2.35. The van der Waals surface area contributed by atoms with Crippen molar-refractivity contribution >= 4 is 28.3 Å². The molecule has 1 aromatic heterocycles. The fourth-order valence-corrected chi connectivity index (χ4v) is 3.96. The van der Waals surface area contributed by atoms with Crippen molar-refractivity contribution in [3.05, 3.63) is 80.2 Å². The number of benzene rings is 2.